The van der Waals surface area contributed by atoms with Crippen molar-refractivity contribution >= 4 is 23.5 Å². The van der Waals surface area contributed by atoms with Gasteiger partial charge in [-0.05, 0) is 19.1 Å². The number of nitrogens with zero attached hydrogens (tertiary/aromatic N) is 2. The van der Waals surface area contributed by atoms with E-state index in [4.69, 9.17) is 0 Å². The molecule has 17 heavy (non-hydrogen) atoms. The van der Waals surface area contributed by atoms with Crippen LogP contribution in [-0.2, 0) is 0 Å². The Labute approximate surface area is 105 Å². The number of halogens is 1. The molecule has 0 saturated heterocycles. The first-order chi connectivity index (χ1) is 8.19. The first-order valence-electron chi connectivity index (χ1n) is 5.68. The van der Waals surface area contributed by atoms with Crippen molar-refractivity contribution in [3.05, 3.63) is 12.0 Å². The van der Waals surface area contributed by atoms with Gasteiger partial charge in [0.2, 0.25) is 5.95 Å². The van der Waals surface area contributed by atoms with Crippen molar-refractivity contribution in [1.29, 1.82) is 0 Å². The molecule has 0 amide bonds. The fraction of sp³-hybridized carbons (Fsp3) is 0.636. The molecule has 1 aliphatic rings. The van der Waals surface area contributed by atoms with Gasteiger partial charge in [-0.2, -0.15) is 16.7 Å². The average Bonchev–Trinajstić information content (AvgIpc) is 2.30. The number of hydrogen-bond acceptors (Lipinski definition) is 5. The monoisotopic (exact) mass is 256 g/mol. The van der Waals surface area contributed by atoms with Crippen LogP contribution in [-0.4, -0.2) is 34.6 Å². The zero-order valence-corrected chi connectivity index (χ0v) is 10.9. The molecule has 1 aliphatic carbocycles. The molecule has 0 aromatic carbocycles. The normalized spacial score (nSPS) is 17.4. The van der Waals surface area contributed by atoms with E-state index in [0.717, 1.165) is 6.54 Å². The minimum absolute atomic E-state index is 0.261. The maximum atomic E-state index is 13.5. The molecule has 1 fully saturated rings. The SMILES string of the molecule is CNc1ncc(F)c(NCC2(SC)CCC2)n1. The molecule has 6 heteroatoms. The molecule has 2 rings (SSSR count). The van der Waals surface area contributed by atoms with Crippen molar-refractivity contribution in [2.75, 3.05) is 30.5 Å². The Bertz CT molecular complexity index is 390. The lowest BCUT2D eigenvalue weighted by Gasteiger charge is -2.40. The van der Waals surface area contributed by atoms with Crippen LogP contribution < -0.4 is 10.6 Å². The molecule has 1 aromatic rings. The van der Waals surface area contributed by atoms with Crippen LogP contribution in [0.1, 0.15) is 19.3 Å². The van der Waals surface area contributed by atoms with Crippen LogP contribution in [0.25, 0.3) is 0 Å². The fourth-order valence-corrected chi connectivity index (χ4v) is 2.79. The van der Waals surface area contributed by atoms with Gasteiger partial charge in [0.15, 0.2) is 11.6 Å². The largest absolute Gasteiger partial charge is 0.366 e. The summed E-state index contributed by atoms with van der Waals surface area (Å²) in [6.45, 7) is 0.755. The van der Waals surface area contributed by atoms with Gasteiger partial charge in [0, 0.05) is 18.3 Å². The minimum atomic E-state index is -0.403. The molecule has 94 valence electrons. The van der Waals surface area contributed by atoms with Crippen molar-refractivity contribution in [3.8, 4) is 0 Å². The molecule has 2 N–H and O–H groups in total. The van der Waals surface area contributed by atoms with E-state index in [9.17, 15) is 4.39 Å². The van der Waals surface area contributed by atoms with E-state index in [2.05, 4.69) is 26.9 Å². The van der Waals surface area contributed by atoms with Crippen LogP contribution in [0.5, 0.6) is 0 Å². The maximum absolute atomic E-state index is 13.5. The maximum Gasteiger partial charge on any atom is 0.224 e. The van der Waals surface area contributed by atoms with Crippen molar-refractivity contribution in [2.24, 2.45) is 0 Å². The smallest absolute Gasteiger partial charge is 0.224 e. The van der Waals surface area contributed by atoms with Gasteiger partial charge in [-0.3, -0.25) is 0 Å². The van der Waals surface area contributed by atoms with Gasteiger partial charge in [-0.15, -0.1) is 0 Å². The van der Waals surface area contributed by atoms with Crippen molar-refractivity contribution in [3.63, 3.8) is 0 Å². The Kier molecular flexibility index (Phi) is 3.71. The molecule has 1 saturated carbocycles. The third kappa shape index (κ3) is 2.62. The van der Waals surface area contributed by atoms with Gasteiger partial charge < -0.3 is 10.6 Å². The van der Waals surface area contributed by atoms with Gasteiger partial charge in [0.1, 0.15) is 0 Å². The topological polar surface area (TPSA) is 49.8 Å². The second-order valence-electron chi connectivity index (χ2n) is 4.23. The standard InChI is InChI=1S/C11H17FN4S/c1-13-10-14-6-8(12)9(16-10)15-7-11(17-2)4-3-5-11/h6H,3-5,7H2,1-2H3,(H2,13,14,15,16). The number of hydrogen-bond donors (Lipinski definition) is 2. The summed E-state index contributed by atoms with van der Waals surface area (Å²) < 4.78 is 13.7. The van der Waals surface area contributed by atoms with Crippen molar-refractivity contribution in [1.82, 2.24) is 9.97 Å². The molecule has 0 aliphatic heterocycles. The average molecular weight is 256 g/mol. The first kappa shape index (κ1) is 12.4. The molecule has 0 bridgehead atoms. The summed E-state index contributed by atoms with van der Waals surface area (Å²) in [6, 6.07) is 0. The molecule has 1 aromatic heterocycles. The highest BCUT2D eigenvalue weighted by molar-refractivity contribution is 8.00. The summed E-state index contributed by atoms with van der Waals surface area (Å²) in [7, 11) is 1.71. The van der Waals surface area contributed by atoms with E-state index in [1.165, 1.54) is 25.5 Å². The predicted molar refractivity (Wildman–Crippen MR) is 70.1 cm³/mol. The highest BCUT2D eigenvalue weighted by atomic mass is 32.2. The van der Waals surface area contributed by atoms with Crippen molar-refractivity contribution < 1.29 is 4.39 Å². The van der Waals surface area contributed by atoms with E-state index in [1.54, 1.807) is 7.05 Å². The third-order valence-corrected chi connectivity index (χ3v) is 4.66. The van der Waals surface area contributed by atoms with Crippen LogP contribution >= 0.6 is 11.8 Å². The summed E-state index contributed by atoms with van der Waals surface area (Å²) in [5.41, 5.74) is 0. The summed E-state index contributed by atoms with van der Waals surface area (Å²) in [4.78, 5) is 7.88. The summed E-state index contributed by atoms with van der Waals surface area (Å²) >= 11 is 1.85. The molecule has 1 heterocycles. The lowest BCUT2D eigenvalue weighted by atomic mass is 9.84. The van der Waals surface area contributed by atoms with E-state index < -0.39 is 5.82 Å². The Hall–Kier alpha value is -1.04. The Morgan fingerprint density at radius 2 is 2.29 bits per heavy atom. The fourth-order valence-electron chi connectivity index (χ4n) is 1.88. The second kappa shape index (κ2) is 5.08. The Morgan fingerprint density at radius 3 is 2.82 bits per heavy atom. The molecular formula is C11H17FN4S. The number of rotatable bonds is 5. The second-order valence-corrected chi connectivity index (χ2v) is 5.51. The molecular weight excluding hydrogens is 239 g/mol. The van der Waals surface area contributed by atoms with Crippen molar-refractivity contribution in [2.45, 2.75) is 24.0 Å². The van der Waals surface area contributed by atoms with Crippen LogP contribution in [0.4, 0.5) is 16.2 Å². The number of anilines is 2. The Balaban J connectivity index is 2.02. The minimum Gasteiger partial charge on any atom is -0.366 e. The summed E-state index contributed by atoms with van der Waals surface area (Å²) in [5, 5.41) is 5.89. The molecule has 0 radical (unpaired) electrons. The van der Waals surface area contributed by atoms with Crippen LogP contribution in [0.15, 0.2) is 6.20 Å². The number of thioether (sulfide) groups is 1. The summed E-state index contributed by atoms with van der Waals surface area (Å²) in [6.07, 6.45) is 6.93. The number of nitrogens with one attached hydrogen (secondary N) is 2. The first-order valence-corrected chi connectivity index (χ1v) is 6.91. The predicted octanol–water partition coefficient (Wildman–Crippen LogP) is 2.36. The van der Waals surface area contributed by atoms with Crippen LogP contribution in [0.3, 0.4) is 0 Å². The van der Waals surface area contributed by atoms with Gasteiger partial charge in [-0.1, -0.05) is 6.42 Å². The Morgan fingerprint density at radius 1 is 1.53 bits per heavy atom. The molecule has 4 nitrogen and oxygen atoms in total. The number of aromatic nitrogens is 2. The van der Waals surface area contributed by atoms with Gasteiger partial charge in [0.05, 0.1) is 6.20 Å². The van der Waals surface area contributed by atoms with E-state index in [1.807, 2.05) is 11.8 Å². The summed E-state index contributed by atoms with van der Waals surface area (Å²) in [5.74, 6) is 0.310. The third-order valence-electron chi connectivity index (χ3n) is 3.24. The van der Waals surface area contributed by atoms with Gasteiger partial charge in [-0.25, -0.2) is 9.37 Å². The van der Waals surface area contributed by atoms with E-state index in [-0.39, 0.29) is 10.6 Å². The lowest BCUT2D eigenvalue weighted by molar-refractivity contribution is 0.379. The quantitative estimate of drug-likeness (QED) is 0.847. The van der Waals surface area contributed by atoms with E-state index >= 15 is 0 Å². The molecule has 0 atom stereocenters. The van der Waals surface area contributed by atoms with Gasteiger partial charge >= 0.3 is 0 Å². The van der Waals surface area contributed by atoms with Crippen LogP contribution in [0.2, 0.25) is 0 Å². The zero-order chi connectivity index (χ0) is 12.3. The zero-order valence-electron chi connectivity index (χ0n) is 10.1. The highest BCUT2D eigenvalue weighted by Gasteiger charge is 2.36. The molecule has 0 unspecified atom stereocenters. The van der Waals surface area contributed by atoms with Gasteiger partial charge in [0.25, 0.3) is 0 Å². The molecule has 0 spiro atoms. The highest BCUT2D eigenvalue weighted by Crippen LogP contribution is 2.42. The van der Waals surface area contributed by atoms with E-state index in [0.29, 0.717) is 5.95 Å². The van der Waals surface area contributed by atoms with Crippen LogP contribution in [0, 0.1) is 5.82 Å². The lowest BCUT2D eigenvalue weighted by Crippen LogP contribution is -2.40.